The van der Waals surface area contributed by atoms with E-state index in [2.05, 4.69) is 10.2 Å². The Morgan fingerprint density at radius 1 is 1.80 bits per heavy atom. The monoisotopic (exact) mass is 247 g/mol. The van der Waals surface area contributed by atoms with Gasteiger partial charge in [0.05, 0.1) is 6.61 Å². The van der Waals surface area contributed by atoms with Crippen LogP contribution in [0.4, 0.5) is 0 Å². The summed E-state index contributed by atoms with van der Waals surface area (Å²) in [7, 11) is 0. The highest BCUT2D eigenvalue weighted by Gasteiger charge is 2.30. The van der Waals surface area contributed by atoms with Crippen molar-refractivity contribution in [1.82, 2.24) is 10.2 Å². The highest BCUT2D eigenvalue weighted by Crippen LogP contribution is 2.23. The summed E-state index contributed by atoms with van der Waals surface area (Å²) in [6.07, 6.45) is 0. The summed E-state index contributed by atoms with van der Waals surface area (Å²) < 4.78 is 5.67. The number of hydrogen-bond donors (Lipinski definition) is 1. The molecule has 1 aromatic heterocycles. The van der Waals surface area contributed by atoms with Crippen LogP contribution in [-0.4, -0.2) is 34.1 Å². The number of aromatic nitrogens is 2. The molecular formula is C8H13N3O2S2. The first-order valence-electron chi connectivity index (χ1n) is 4.41. The third kappa shape index (κ3) is 3.77. The number of carbonyl (C=O) groups is 1. The van der Waals surface area contributed by atoms with E-state index in [1.165, 1.54) is 23.1 Å². The molecule has 0 aliphatic rings. The zero-order chi connectivity index (χ0) is 11.3. The van der Waals surface area contributed by atoms with Crippen LogP contribution < -0.4 is 5.73 Å². The van der Waals surface area contributed by atoms with Gasteiger partial charge in [-0.1, -0.05) is 23.1 Å². The number of ether oxygens (including phenoxy) is 1. The topological polar surface area (TPSA) is 78.1 Å². The molecule has 84 valence electrons. The van der Waals surface area contributed by atoms with Gasteiger partial charge in [0.2, 0.25) is 0 Å². The molecule has 1 aromatic rings. The van der Waals surface area contributed by atoms with Crippen LogP contribution in [0.1, 0.15) is 13.8 Å². The maximum absolute atomic E-state index is 11.4. The average Bonchev–Trinajstić information content (AvgIpc) is 2.68. The van der Waals surface area contributed by atoms with Crippen LogP contribution in [0.2, 0.25) is 0 Å². The van der Waals surface area contributed by atoms with Crippen LogP contribution in [-0.2, 0) is 9.53 Å². The third-order valence-corrected chi connectivity index (χ3v) is 3.78. The van der Waals surface area contributed by atoms with Crippen LogP contribution >= 0.6 is 23.1 Å². The van der Waals surface area contributed by atoms with Gasteiger partial charge in [0.25, 0.3) is 0 Å². The number of rotatable bonds is 5. The van der Waals surface area contributed by atoms with Gasteiger partial charge in [-0.15, -0.1) is 10.2 Å². The fourth-order valence-electron chi connectivity index (χ4n) is 0.792. The minimum absolute atomic E-state index is 0.342. The summed E-state index contributed by atoms with van der Waals surface area (Å²) in [5.74, 6) is 0.0446. The molecule has 0 spiro atoms. The second kappa shape index (κ2) is 5.43. The standard InChI is InChI=1S/C8H13N3O2S2/c1-3-13-6(12)8(2,9)4-14-7-11-10-5-15-7/h5H,3-4,9H2,1-2H3. The maximum atomic E-state index is 11.4. The van der Waals surface area contributed by atoms with Gasteiger partial charge >= 0.3 is 5.97 Å². The van der Waals surface area contributed by atoms with Crippen molar-refractivity contribution in [3.8, 4) is 0 Å². The van der Waals surface area contributed by atoms with Crippen molar-refractivity contribution in [2.24, 2.45) is 5.73 Å². The Morgan fingerprint density at radius 3 is 3.07 bits per heavy atom. The van der Waals surface area contributed by atoms with Gasteiger partial charge in [0, 0.05) is 5.75 Å². The number of carbonyl (C=O) groups excluding carboxylic acids is 1. The van der Waals surface area contributed by atoms with E-state index in [1.807, 2.05) is 0 Å². The Bertz CT molecular complexity index is 314. The van der Waals surface area contributed by atoms with Crippen LogP contribution in [0.15, 0.2) is 9.85 Å². The molecule has 1 heterocycles. The molecule has 1 atom stereocenters. The normalized spacial score (nSPS) is 14.6. The molecule has 0 saturated carbocycles. The summed E-state index contributed by atoms with van der Waals surface area (Å²) in [6, 6.07) is 0. The second-order valence-electron chi connectivity index (χ2n) is 3.13. The molecular weight excluding hydrogens is 234 g/mol. The SMILES string of the molecule is CCOC(=O)C(C)(N)CSc1nncs1. The predicted molar refractivity (Wildman–Crippen MR) is 59.9 cm³/mol. The fourth-order valence-corrected chi connectivity index (χ4v) is 2.30. The lowest BCUT2D eigenvalue weighted by Crippen LogP contribution is -2.48. The second-order valence-corrected chi connectivity index (χ2v) is 5.19. The molecule has 0 amide bonds. The van der Waals surface area contributed by atoms with Crippen molar-refractivity contribution in [3.63, 3.8) is 0 Å². The Morgan fingerprint density at radius 2 is 2.53 bits per heavy atom. The lowest BCUT2D eigenvalue weighted by Gasteiger charge is -2.20. The molecule has 0 aliphatic heterocycles. The van der Waals surface area contributed by atoms with Gasteiger partial charge in [-0.05, 0) is 13.8 Å². The van der Waals surface area contributed by atoms with Crippen molar-refractivity contribution in [2.75, 3.05) is 12.4 Å². The molecule has 5 nitrogen and oxygen atoms in total. The first kappa shape index (κ1) is 12.4. The summed E-state index contributed by atoms with van der Waals surface area (Å²) in [5, 5.41) is 7.54. The Labute approximate surface area is 96.4 Å². The van der Waals surface area contributed by atoms with E-state index in [1.54, 1.807) is 19.4 Å². The minimum Gasteiger partial charge on any atom is -0.465 e. The van der Waals surface area contributed by atoms with E-state index in [9.17, 15) is 4.79 Å². The van der Waals surface area contributed by atoms with Crippen molar-refractivity contribution in [1.29, 1.82) is 0 Å². The molecule has 1 rings (SSSR count). The minimum atomic E-state index is -0.980. The molecule has 0 radical (unpaired) electrons. The summed E-state index contributed by atoms with van der Waals surface area (Å²) in [5.41, 5.74) is 6.48. The number of thioether (sulfide) groups is 1. The van der Waals surface area contributed by atoms with E-state index >= 15 is 0 Å². The van der Waals surface area contributed by atoms with Crippen LogP contribution in [0.25, 0.3) is 0 Å². The number of nitrogens with zero attached hydrogens (tertiary/aromatic N) is 2. The summed E-state index contributed by atoms with van der Waals surface area (Å²) >= 11 is 2.83. The Balaban J connectivity index is 2.45. The fraction of sp³-hybridized carbons (Fsp3) is 0.625. The van der Waals surface area contributed by atoms with Gasteiger partial charge in [-0.2, -0.15) is 0 Å². The van der Waals surface area contributed by atoms with E-state index in [0.717, 1.165) is 4.34 Å². The highest BCUT2D eigenvalue weighted by molar-refractivity contribution is 8.01. The molecule has 7 heteroatoms. The molecule has 1 unspecified atom stereocenters. The third-order valence-electron chi connectivity index (χ3n) is 1.58. The van der Waals surface area contributed by atoms with Gasteiger partial charge in [0.1, 0.15) is 11.0 Å². The van der Waals surface area contributed by atoms with E-state index in [0.29, 0.717) is 12.4 Å². The first-order chi connectivity index (χ1) is 7.06. The van der Waals surface area contributed by atoms with Gasteiger partial charge in [0.15, 0.2) is 4.34 Å². The van der Waals surface area contributed by atoms with Crippen molar-refractivity contribution >= 4 is 29.1 Å². The number of nitrogens with two attached hydrogens (primary N) is 1. The van der Waals surface area contributed by atoms with Crippen molar-refractivity contribution < 1.29 is 9.53 Å². The summed E-state index contributed by atoms with van der Waals surface area (Å²) in [4.78, 5) is 11.4. The number of esters is 1. The van der Waals surface area contributed by atoms with E-state index in [4.69, 9.17) is 10.5 Å². The average molecular weight is 247 g/mol. The van der Waals surface area contributed by atoms with Gasteiger partial charge < -0.3 is 10.5 Å². The lowest BCUT2D eigenvalue weighted by atomic mass is 10.1. The van der Waals surface area contributed by atoms with Crippen LogP contribution in [0.3, 0.4) is 0 Å². The molecule has 0 fully saturated rings. The largest absolute Gasteiger partial charge is 0.465 e. The van der Waals surface area contributed by atoms with Gasteiger partial charge in [-0.25, -0.2) is 0 Å². The van der Waals surface area contributed by atoms with E-state index < -0.39 is 5.54 Å². The molecule has 2 N–H and O–H groups in total. The van der Waals surface area contributed by atoms with Gasteiger partial charge in [-0.3, -0.25) is 4.79 Å². The highest BCUT2D eigenvalue weighted by atomic mass is 32.2. The lowest BCUT2D eigenvalue weighted by molar-refractivity contribution is -0.148. The van der Waals surface area contributed by atoms with Crippen LogP contribution in [0, 0.1) is 0 Å². The van der Waals surface area contributed by atoms with E-state index in [-0.39, 0.29) is 5.97 Å². The molecule has 0 aliphatic carbocycles. The quantitative estimate of drug-likeness (QED) is 0.615. The Kier molecular flexibility index (Phi) is 4.49. The molecule has 0 saturated heterocycles. The predicted octanol–water partition coefficient (Wildman–Crippen LogP) is 0.911. The Hall–Kier alpha value is -0.660. The zero-order valence-corrected chi connectivity index (χ0v) is 10.2. The van der Waals surface area contributed by atoms with Crippen molar-refractivity contribution in [2.45, 2.75) is 23.7 Å². The number of hydrogen-bond acceptors (Lipinski definition) is 7. The smallest absolute Gasteiger partial charge is 0.326 e. The molecule has 0 aromatic carbocycles. The maximum Gasteiger partial charge on any atom is 0.326 e. The zero-order valence-electron chi connectivity index (χ0n) is 8.60. The first-order valence-corrected chi connectivity index (χ1v) is 6.28. The molecule has 15 heavy (non-hydrogen) atoms. The van der Waals surface area contributed by atoms with Crippen LogP contribution in [0.5, 0.6) is 0 Å². The molecule has 0 bridgehead atoms. The summed E-state index contributed by atoms with van der Waals surface area (Å²) in [6.45, 7) is 3.75. The van der Waals surface area contributed by atoms with Crippen molar-refractivity contribution in [3.05, 3.63) is 5.51 Å².